The molecule has 0 unspecified atom stereocenters. The maximum atomic E-state index is 13.0. The van der Waals surface area contributed by atoms with E-state index in [1.807, 2.05) is 25.1 Å². The van der Waals surface area contributed by atoms with E-state index >= 15 is 0 Å². The van der Waals surface area contributed by atoms with Crippen LogP contribution in [0.15, 0.2) is 48.2 Å². The van der Waals surface area contributed by atoms with E-state index in [0.29, 0.717) is 5.69 Å². The van der Waals surface area contributed by atoms with Crippen LogP contribution in [0.3, 0.4) is 0 Å². The monoisotopic (exact) mass is 450 g/mol. The first-order chi connectivity index (χ1) is 14.6. The zero-order chi connectivity index (χ0) is 23.2. The molecule has 0 atom stereocenters. The number of benzene rings is 2. The van der Waals surface area contributed by atoms with E-state index in [9.17, 15) is 23.2 Å². The molecule has 2 aromatic carbocycles. The van der Waals surface area contributed by atoms with Gasteiger partial charge in [0.05, 0.1) is 10.6 Å². The van der Waals surface area contributed by atoms with Gasteiger partial charge in [0.1, 0.15) is 11.6 Å². The molecule has 9 heteroatoms. The quantitative estimate of drug-likeness (QED) is 0.402. The number of amides is 1. The molecule has 0 spiro atoms. The zero-order valence-electron chi connectivity index (χ0n) is 17.3. The number of nitriles is 1. The Balaban J connectivity index is 2.18. The van der Waals surface area contributed by atoms with Crippen molar-refractivity contribution in [1.29, 1.82) is 5.26 Å². The summed E-state index contributed by atoms with van der Waals surface area (Å²) in [5.41, 5.74) is 1.17. The van der Waals surface area contributed by atoms with Crippen LogP contribution in [0.5, 0.6) is 0 Å². The molecule has 0 fully saturated rings. The maximum absolute atomic E-state index is 13.0. The minimum Gasteiger partial charge on any atom is -0.372 e. The Kier molecular flexibility index (Phi) is 7.95. The minimum absolute atomic E-state index is 0.123. The van der Waals surface area contributed by atoms with Crippen LogP contribution < -0.4 is 15.5 Å². The number of anilines is 3. The Morgan fingerprint density at radius 1 is 1.19 bits per heavy atom. The fourth-order valence-corrected chi connectivity index (χ4v) is 3.14. The summed E-state index contributed by atoms with van der Waals surface area (Å²) in [7, 11) is 0. The van der Waals surface area contributed by atoms with E-state index in [4.69, 9.17) is 11.6 Å². The summed E-state index contributed by atoms with van der Waals surface area (Å²) in [4.78, 5) is 14.5. The summed E-state index contributed by atoms with van der Waals surface area (Å²) in [5.74, 6) is -0.845. The van der Waals surface area contributed by atoms with E-state index in [1.54, 1.807) is 6.07 Å². The van der Waals surface area contributed by atoms with Crippen LogP contribution in [0.2, 0.25) is 5.02 Å². The third kappa shape index (κ3) is 6.15. The molecule has 0 saturated carbocycles. The SMILES string of the molecule is CCN(CC)c1ccc(N/C=C(/C#N)C(=O)Nc2ccc(Cl)c(C(F)(F)F)c2)c(C)c1. The molecular weight excluding hydrogens is 429 g/mol. The average Bonchev–Trinajstić information content (AvgIpc) is 2.71. The van der Waals surface area contributed by atoms with Gasteiger partial charge in [0.2, 0.25) is 0 Å². The largest absolute Gasteiger partial charge is 0.417 e. The van der Waals surface area contributed by atoms with Gasteiger partial charge in [-0.15, -0.1) is 0 Å². The van der Waals surface area contributed by atoms with Crippen molar-refractivity contribution in [3.05, 3.63) is 64.3 Å². The van der Waals surface area contributed by atoms with Crippen LogP contribution in [-0.2, 0) is 11.0 Å². The second-order valence-corrected chi connectivity index (χ2v) is 7.04. The van der Waals surface area contributed by atoms with Crippen molar-refractivity contribution in [2.24, 2.45) is 0 Å². The topological polar surface area (TPSA) is 68.2 Å². The van der Waals surface area contributed by atoms with E-state index in [2.05, 4.69) is 29.4 Å². The molecule has 0 aliphatic carbocycles. The fourth-order valence-electron chi connectivity index (χ4n) is 2.91. The number of carbonyl (C=O) groups is 1. The molecule has 0 aromatic heterocycles. The van der Waals surface area contributed by atoms with Gasteiger partial charge in [-0.25, -0.2) is 0 Å². The van der Waals surface area contributed by atoms with E-state index in [0.717, 1.165) is 36.5 Å². The Morgan fingerprint density at radius 2 is 1.87 bits per heavy atom. The van der Waals surface area contributed by atoms with Gasteiger partial charge in [-0.05, 0) is 62.7 Å². The van der Waals surface area contributed by atoms with Gasteiger partial charge in [0.15, 0.2) is 0 Å². The number of nitrogens with one attached hydrogen (secondary N) is 2. The molecule has 31 heavy (non-hydrogen) atoms. The minimum atomic E-state index is -4.66. The third-order valence-electron chi connectivity index (χ3n) is 4.61. The van der Waals surface area contributed by atoms with E-state index in [-0.39, 0.29) is 11.3 Å². The first-order valence-corrected chi connectivity index (χ1v) is 9.89. The highest BCUT2D eigenvalue weighted by Crippen LogP contribution is 2.36. The van der Waals surface area contributed by atoms with Crippen molar-refractivity contribution in [3.63, 3.8) is 0 Å². The summed E-state index contributed by atoms with van der Waals surface area (Å²) >= 11 is 5.58. The fraction of sp³-hybridized carbons (Fsp3) is 0.273. The molecule has 5 nitrogen and oxygen atoms in total. The Morgan fingerprint density at radius 3 is 2.42 bits per heavy atom. The van der Waals surface area contributed by atoms with Crippen molar-refractivity contribution in [1.82, 2.24) is 0 Å². The number of nitrogens with zero attached hydrogens (tertiary/aromatic N) is 2. The van der Waals surface area contributed by atoms with Crippen LogP contribution in [-0.4, -0.2) is 19.0 Å². The Hall–Kier alpha value is -3.18. The lowest BCUT2D eigenvalue weighted by Gasteiger charge is -2.22. The summed E-state index contributed by atoms with van der Waals surface area (Å²) in [6.45, 7) is 7.74. The number of hydrogen-bond acceptors (Lipinski definition) is 4. The highest BCUT2D eigenvalue weighted by molar-refractivity contribution is 6.31. The van der Waals surface area contributed by atoms with Crippen LogP contribution in [0.4, 0.5) is 30.2 Å². The van der Waals surface area contributed by atoms with E-state index < -0.39 is 22.7 Å². The molecular formula is C22H22ClF3N4O. The van der Waals surface area contributed by atoms with Gasteiger partial charge in [-0.2, -0.15) is 18.4 Å². The predicted molar refractivity (Wildman–Crippen MR) is 117 cm³/mol. The van der Waals surface area contributed by atoms with Crippen LogP contribution in [0.1, 0.15) is 25.0 Å². The average molecular weight is 451 g/mol. The summed E-state index contributed by atoms with van der Waals surface area (Å²) in [6, 6.07) is 10.5. The molecule has 1 amide bonds. The predicted octanol–water partition coefficient (Wildman–Crippen LogP) is 5.97. The number of aryl methyl sites for hydroxylation is 1. The molecule has 0 radical (unpaired) electrons. The smallest absolute Gasteiger partial charge is 0.372 e. The normalized spacial score (nSPS) is 11.6. The lowest BCUT2D eigenvalue weighted by atomic mass is 10.1. The first kappa shape index (κ1) is 24.1. The summed E-state index contributed by atoms with van der Waals surface area (Å²) in [6.07, 6.45) is -3.45. The Bertz CT molecular complexity index is 1020. The number of carbonyl (C=O) groups excluding carboxylic acids is 1. The van der Waals surface area contributed by atoms with Crippen molar-refractivity contribution in [3.8, 4) is 6.07 Å². The van der Waals surface area contributed by atoms with Gasteiger partial charge >= 0.3 is 6.18 Å². The summed E-state index contributed by atoms with van der Waals surface area (Å²) in [5, 5.41) is 14.0. The second-order valence-electron chi connectivity index (χ2n) is 6.63. The zero-order valence-corrected chi connectivity index (χ0v) is 18.0. The number of alkyl halides is 3. The van der Waals surface area contributed by atoms with Gasteiger partial charge in [0.25, 0.3) is 5.91 Å². The van der Waals surface area contributed by atoms with Crippen molar-refractivity contribution in [2.75, 3.05) is 28.6 Å². The lowest BCUT2D eigenvalue weighted by molar-refractivity contribution is -0.137. The molecule has 0 aliphatic heterocycles. The van der Waals surface area contributed by atoms with Gasteiger partial charge < -0.3 is 15.5 Å². The molecule has 0 saturated heterocycles. The second kappa shape index (κ2) is 10.2. The number of hydrogen-bond donors (Lipinski definition) is 2. The molecule has 0 heterocycles. The van der Waals surface area contributed by atoms with Gasteiger partial charge in [-0.3, -0.25) is 4.79 Å². The number of halogens is 4. The highest BCUT2D eigenvalue weighted by atomic mass is 35.5. The van der Waals surface area contributed by atoms with Crippen LogP contribution in [0.25, 0.3) is 0 Å². The molecule has 2 aromatic rings. The van der Waals surface area contributed by atoms with Gasteiger partial charge in [0, 0.05) is 36.4 Å². The Labute approximate surface area is 184 Å². The standard InChI is InChI=1S/C22H22ClF3N4O/c1-4-30(5-2)17-7-9-20(14(3)10-17)28-13-15(12-27)21(31)29-16-6-8-19(23)18(11-16)22(24,25)26/h6-11,13,28H,4-5H2,1-3H3,(H,29,31)/b15-13-. The molecule has 164 valence electrons. The molecule has 0 bridgehead atoms. The molecule has 0 aliphatic rings. The van der Waals surface area contributed by atoms with Gasteiger partial charge in [-0.1, -0.05) is 11.6 Å². The van der Waals surface area contributed by atoms with Crippen molar-refractivity contribution >= 4 is 34.6 Å². The number of rotatable bonds is 7. The molecule has 2 N–H and O–H groups in total. The van der Waals surface area contributed by atoms with Crippen molar-refractivity contribution in [2.45, 2.75) is 26.9 Å². The summed E-state index contributed by atoms with van der Waals surface area (Å²) < 4.78 is 39.0. The lowest BCUT2D eigenvalue weighted by Crippen LogP contribution is -2.21. The third-order valence-corrected chi connectivity index (χ3v) is 4.93. The van der Waals surface area contributed by atoms with Crippen LogP contribution >= 0.6 is 11.6 Å². The molecule has 2 rings (SSSR count). The maximum Gasteiger partial charge on any atom is 0.417 e. The van der Waals surface area contributed by atoms with E-state index in [1.165, 1.54) is 12.3 Å². The van der Waals surface area contributed by atoms with Crippen LogP contribution in [0, 0.1) is 18.3 Å². The highest BCUT2D eigenvalue weighted by Gasteiger charge is 2.33. The first-order valence-electron chi connectivity index (χ1n) is 9.51. The van der Waals surface area contributed by atoms with Crippen molar-refractivity contribution < 1.29 is 18.0 Å².